The van der Waals surface area contributed by atoms with E-state index in [-0.39, 0.29) is 24.9 Å². The molecule has 0 spiro atoms. The molecule has 288 valence electrons. The largest absolute Gasteiger partial charge is 0.489 e. The van der Waals surface area contributed by atoms with E-state index in [2.05, 4.69) is 66.0 Å². The average molecular weight is 782 g/mol. The standard InChI is InChI=1S/C51H43NO5S/c53-49(56-34-38-29-31-42(32-30-38)55-33-37-17-5-1-6-18-37)48(52-50(54)57-35-47-45-27-15-13-25-43(45)44-26-14-16-28-46(44)47)36-58-51(39-19-7-2-8-20-39,40-21-9-3-10-22-40)41-23-11-4-12-24-41/h1-32,47-48H,33-36H2,(H,52,54). The first-order valence-corrected chi connectivity index (χ1v) is 20.4. The molecule has 1 aliphatic rings. The highest BCUT2D eigenvalue weighted by Gasteiger charge is 2.39. The van der Waals surface area contributed by atoms with Crippen LogP contribution < -0.4 is 10.1 Å². The Balaban J connectivity index is 1.03. The number of ether oxygens (including phenoxy) is 3. The van der Waals surface area contributed by atoms with Crippen LogP contribution in [0.1, 0.15) is 44.9 Å². The quantitative estimate of drug-likeness (QED) is 0.0825. The number of rotatable bonds is 15. The van der Waals surface area contributed by atoms with Crippen molar-refractivity contribution in [2.24, 2.45) is 0 Å². The molecule has 6 nitrogen and oxygen atoms in total. The number of hydrogen-bond acceptors (Lipinski definition) is 6. The van der Waals surface area contributed by atoms with Crippen LogP contribution in [0.15, 0.2) is 194 Å². The molecular formula is C51H43NO5S. The van der Waals surface area contributed by atoms with Gasteiger partial charge in [0.05, 0.1) is 4.75 Å². The summed E-state index contributed by atoms with van der Waals surface area (Å²) in [6, 6.07) is 63.6. The van der Waals surface area contributed by atoms with Gasteiger partial charge in [-0.05, 0) is 62.2 Å². The molecule has 0 radical (unpaired) electrons. The van der Waals surface area contributed by atoms with E-state index in [4.69, 9.17) is 14.2 Å². The molecule has 8 rings (SSSR count). The maximum Gasteiger partial charge on any atom is 0.407 e. The molecule has 0 aromatic heterocycles. The Morgan fingerprint density at radius 3 is 1.53 bits per heavy atom. The smallest absolute Gasteiger partial charge is 0.407 e. The van der Waals surface area contributed by atoms with Gasteiger partial charge in [0.15, 0.2) is 0 Å². The zero-order chi connectivity index (χ0) is 39.6. The van der Waals surface area contributed by atoms with Crippen molar-refractivity contribution in [2.45, 2.75) is 29.9 Å². The molecule has 0 fully saturated rings. The Morgan fingerprint density at radius 1 is 0.534 bits per heavy atom. The molecule has 1 unspecified atom stereocenters. The normalized spacial score (nSPS) is 12.5. The van der Waals surface area contributed by atoms with Gasteiger partial charge in [0.1, 0.15) is 31.6 Å². The van der Waals surface area contributed by atoms with E-state index in [1.54, 1.807) is 11.8 Å². The first kappa shape index (κ1) is 38.3. The maximum atomic E-state index is 14.2. The SMILES string of the molecule is O=C(NC(CSC(c1ccccc1)(c1ccccc1)c1ccccc1)C(=O)OCc1ccc(OCc2ccccc2)cc1)OCC1c2ccccc2-c2ccccc21. The monoisotopic (exact) mass is 781 g/mol. The van der Waals surface area contributed by atoms with E-state index in [9.17, 15) is 9.59 Å². The van der Waals surface area contributed by atoms with Crippen LogP contribution in [0.3, 0.4) is 0 Å². The molecule has 0 saturated carbocycles. The topological polar surface area (TPSA) is 73.9 Å². The summed E-state index contributed by atoms with van der Waals surface area (Å²) >= 11 is 1.57. The molecule has 58 heavy (non-hydrogen) atoms. The van der Waals surface area contributed by atoms with Crippen LogP contribution >= 0.6 is 11.8 Å². The number of fused-ring (bicyclic) bond motifs is 3. The summed E-state index contributed by atoms with van der Waals surface area (Å²) in [6.45, 7) is 0.592. The molecule has 1 N–H and O–H groups in total. The molecule has 0 saturated heterocycles. The number of amides is 1. The minimum Gasteiger partial charge on any atom is -0.489 e. The van der Waals surface area contributed by atoms with Crippen molar-refractivity contribution >= 4 is 23.8 Å². The molecule has 7 heteroatoms. The number of carbonyl (C=O) groups is 2. The van der Waals surface area contributed by atoms with Gasteiger partial charge in [-0.15, -0.1) is 11.8 Å². The van der Waals surface area contributed by atoms with Gasteiger partial charge in [-0.25, -0.2) is 9.59 Å². The lowest BCUT2D eigenvalue weighted by atomic mass is 9.84. The summed E-state index contributed by atoms with van der Waals surface area (Å²) in [4.78, 5) is 27.9. The number of thioether (sulfide) groups is 1. The Kier molecular flexibility index (Phi) is 12.0. The first-order chi connectivity index (χ1) is 28.6. The predicted octanol–water partition coefficient (Wildman–Crippen LogP) is 10.9. The predicted molar refractivity (Wildman–Crippen MR) is 231 cm³/mol. The Bertz CT molecular complexity index is 2280. The number of benzene rings is 7. The number of hydrogen-bond donors (Lipinski definition) is 1. The highest BCUT2D eigenvalue weighted by atomic mass is 32.2. The molecule has 7 aromatic carbocycles. The number of alkyl carbamates (subject to hydrolysis) is 1. The molecule has 1 amide bonds. The van der Waals surface area contributed by atoms with Crippen LogP contribution in [0, 0.1) is 0 Å². The van der Waals surface area contributed by atoms with Crippen molar-refractivity contribution < 1.29 is 23.8 Å². The van der Waals surface area contributed by atoms with Crippen LogP contribution in [-0.2, 0) is 32.2 Å². The molecule has 1 atom stereocenters. The summed E-state index contributed by atoms with van der Waals surface area (Å²) in [6.07, 6.45) is -0.686. The molecule has 7 aromatic rings. The summed E-state index contributed by atoms with van der Waals surface area (Å²) < 4.78 is 17.1. The third kappa shape index (κ3) is 8.55. The van der Waals surface area contributed by atoms with Crippen molar-refractivity contribution in [3.63, 3.8) is 0 Å². The number of nitrogens with one attached hydrogen (secondary N) is 1. The van der Waals surface area contributed by atoms with E-state index in [0.717, 1.165) is 50.1 Å². The van der Waals surface area contributed by atoms with E-state index < -0.39 is 22.9 Å². The van der Waals surface area contributed by atoms with Gasteiger partial charge in [-0.2, -0.15) is 0 Å². The van der Waals surface area contributed by atoms with Crippen molar-refractivity contribution in [2.75, 3.05) is 12.4 Å². The fraction of sp³-hybridized carbons (Fsp3) is 0.137. The lowest BCUT2D eigenvalue weighted by Crippen LogP contribution is -2.45. The Labute approximate surface area is 343 Å². The summed E-state index contributed by atoms with van der Waals surface area (Å²) in [5.41, 5.74) is 9.49. The third-order valence-corrected chi connectivity index (χ3v) is 12.1. The van der Waals surface area contributed by atoms with E-state index in [1.807, 2.05) is 133 Å². The number of esters is 1. The first-order valence-electron chi connectivity index (χ1n) is 19.4. The second-order valence-electron chi connectivity index (χ2n) is 14.1. The molecular weight excluding hydrogens is 739 g/mol. The fourth-order valence-electron chi connectivity index (χ4n) is 7.61. The van der Waals surface area contributed by atoms with Crippen LogP contribution in [0.2, 0.25) is 0 Å². The average Bonchev–Trinajstić information content (AvgIpc) is 3.61. The highest BCUT2D eigenvalue weighted by molar-refractivity contribution is 8.00. The van der Waals surface area contributed by atoms with Crippen molar-refractivity contribution in [1.29, 1.82) is 0 Å². The summed E-state index contributed by atoms with van der Waals surface area (Å²) in [5, 5.41) is 2.92. The van der Waals surface area contributed by atoms with Crippen LogP contribution in [-0.4, -0.2) is 30.5 Å². The zero-order valence-corrected chi connectivity index (χ0v) is 32.7. The van der Waals surface area contributed by atoms with Gasteiger partial charge in [0.2, 0.25) is 0 Å². The summed E-state index contributed by atoms with van der Waals surface area (Å²) in [5.74, 6) is 0.214. The van der Waals surface area contributed by atoms with Gasteiger partial charge < -0.3 is 19.5 Å². The van der Waals surface area contributed by atoms with Crippen molar-refractivity contribution in [3.05, 3.63) is 233 Å². The number of carbonyl (C=O) groups excluding carboxylic acids is 2. The van der Waals surface area contributed by atoms with Gasteiger partial charge in [0, 0.05) is 11.7 Å². The molecule has 0 aliphatic heterocycles. The van der Waals surface area contributed by atoms with Crippen molar-refractivity contribution in [3.8, 4) is 16.9 Å². The van der Waals surface area contributed by atoms with Gasteiger partial charge in [-0.1, -0.05) is 182 Å². The lowest BCUT2D eigenvalue weighted by molar-refractivity contribution is -0.146. The molecule has 0 bridgehead atoms. The maximum absolute atomic E-state index is 14.2. The van der Waals surface area contributed by atoms with Crippen LogP contribution in [0.5, 0.6) is 5.75 Å². The van der Waals surface area contributed by atoms with Gasteiger partial charge >= 0.3 is 12.1 Å². The molecule has 0 heterocycles. The van der Waals surface area contributed by atoms with E-state index in [0.29, 0.717) is 12.4 Å². The van der Waals surface area contributed by atoms with Crippen molar-refractivity contribution in [1.82, 2.24) is 5.32 Å². The Hall–Kier alpha value is -6.57. The summed E-state index contributed by atoms with van der Waals surface area (Å²) in [7, 11) is 0. The zero-order valence-electron chi connectivity index (χ0n) is 31.9. The lowest BCUT2D eigenvalue weighted by Gasteiger charge is -2.36. The highest BCUT2D eigenvalue weighted by Crippen LogP contribution is 2.49. The van der Waals surface area contributed by atoms with Crippen LogP contribution in [0.4, 0.5) is 4.79 Å². The van der Waals surface area contributed by atoms with E-state index in [1.165, 1.54) is 0 Å². The molecule has 1 aliphatic carbocycles. The third-order valence-electron chi connectivity index (χ3n) is 10.5. The van der Waals surface area contributed by atoms with Gasteiger partial charge in [-0.3, -0.25) is 0 Å². The second-order valence-corrected chi connectivity index (χ2v) is 15.4. The Morgan fingerprint density at radius 2 is 1.00 bits per heavy atom. The van der Waals surface area contributed by atoms with Gasteiger partial charge in [0.25, 0.3) is 0 Å². The minimum absolute atomic E-state index is 0.0204. The van der Waals surface area contributed by atoms with E-state index >= 15 is 0 Å². The minimum atomic E-state index is -1.04. The fourth-order valence-corrected chi connectivity index (χ4v) is 9.15. The van der Waals surface area contributed by atoms with Crippen LogP contribution in [0.25, 0.3) is 11.1 Å². The second kappa shape index (κ2) is 18.1.